The Morgan fingerprint density at radius 2 is 1.20 bits per heavy atom. The fraction of sp³-hybridized carbons (Fsp3) is 0.571. The number of anilines is 5. The van der Waals surface area contributed by atoms with Crippen LogP contribution in [0.4, 0.5) is 27.7 Å². The number of nitrogens with zero attached hydrogens (tertiary/aromatic N) is 11. The first kappa shape index (κ1) is 53.2. The van der Waals surface area contributed by atoms with Crippen molar-refractivity contribution in [1.29, 1.82) is 10.5 Å². The van der Waals surface area contributed by atoms with Crippen molar-refractivity contribution >= 4 is 97.5 Å². The Labute approximate surface area is 403 Å². The SMILES string of the molecule is CC(C)(C)OC(=O)CCCSc1nc(Cl)cc(Nc2ncc(C#N)s2)n1.CN1CCN(c2cc(Nc3ncc(C#N)s3)nc(SCCCC(=O)OC(C)(C)C)n2)CC1.CN1CCNCC1. The standard InChI is InChI=1S/C21H29N7O2S2.C16H18ClN5O2S2.C5H12N2/c1-21(2,3)30-18(29)6-5-11-31-20-25-16(24-19-23-14-15(13-22)32-19)12-17(26-20)28-9-7-27(4)8-10-28;1-16(2,3)24-13(23)5-4-6-25-15-20-11(17)7-12(22-15)21-14-19-9-10(8-18)26-14;1-7-4-2-6-3-5-7/h12,14H,5-11H2,1-4H3,(H,23,24,25,26);7,9H,4-6H2,1-3H3,(H,19,20,21,22);6H,2-5H2,1H3. The van der Waals surface area contributed by atoms with Gasteiger partial charge in [-0.3, -0.25) is 9.59 Å². The molecule has 352 valence electrons. The van der Waals surface area contributed by atoms with Gasteiger partial charge in [0.2, 0.25) is 0 Å². The molecule has 0 spiro atoms. The number of likely N-dealkylation sites (N-methyl/N-ethyl adjacent to an activating group) is 2. The van der Waals surface area contributed by atoms with Crippen molar-refractivity contribution < 1.29 is 19.1 Å². The monoisotopic (exact) mass is 986 g/mol. The molecule has 2 saturated heterocycles. The van der Waals surface area contributed by atoms with Crippen molar-refractivity contribution in [2.45, 2.75) is 88.7 Å². The third kappa shape index (κ3) is 21.6. The number of thiazole rings is 2. The molecule has 4 aromatic heterocycles. The summed E-state index contributed by atoms with van der Waals surface area (Å²) in [5.41, 5.74) is -0.936. The molecule has 0 saturated carbocycles. The molecule has 0 aromatic carbocycles. The highest BCUT2D eigenvalue weighted by molar-refractivity contribution is 7.99. The molecule has 2 aliphatic rings. The van der Waals surface area contributed by atoms with E-state index in [4.69, 9.17) is 36.6 Å². The van der Waals surface area contributed by atoms with Crippen LogP contribution in [-0.2, 0) is 19.1 Å². The molecule has 0 amide bonds. The van der Waals surface area contributed by atoms with Crippen molar-refractivity contribution in [2.75, 3.05) is 93.5 Å². The molecule has 3 N–H and O–H groups in total. The van der Waals surface area contributed by atoms with Crippen molar-refractivity contribution in [3.63, 3.8) is 0 Å². The van der Waals surface area contributed by atoms with Crippen LogP contribution in [0.3, 0.4) is 0 Å². The lowest BCUT2D eigenvalue weighted by atomic mass is 10.2. The molecule has 0 unspecified atom stereocenters. The van der Waals surface area contributed by atoms with Crippen molar-refractivity contribution in [3.8, 4) is 12.1 Å². The van der Waals surface area contributed by atoms with Gasteiger partial charge in [-0.15, -0.1) is 0 Å². The second kappa shape index (κ2) is 26.7. The quantitative estimate of drug-likeness (QED) is 0.0346. The first-order chi connectivity index (χ1) is 30.9. The van der Waals surface area contributed by atoms with Crippen LogP contribution in [0, 0.1) is 22.7 Å². The van der Waals surface area contributed by atoms with Gasteiger partial charge >= 0.3 is 11.9 Å². The molecule has 0 aliphatic carbocycles. The van der Waals surface area contributed by atoms with Gasteiger partial charge in [0.1, 0.15) is 55.7 Å². The summed E-state index contributed by atoms with van der Waals surface area (Å²) in [6.07, 6.45) is 5.07. The Morgan fingerprint density at radius 1 is 0.738 bits per heavy atom. The van der Waals surface area contributed by atoms with E-state index in [0.29, 0.717) is 84.3 Å². The van der Waals surface area contributed by atoms with E-state index in [1.54, 1.807) is 12.3 Å². The van der Waals surface area contributed by atoms with Gasteiger partial charge in [0, 0.05) is 88.8 Å². The summed E-state index contributed by atoms with van der Waals surface area (Å²) in [7, 11) is 4.27. The fourth-order valence-corrected chi connectivity index (χ4v) is 8.64. The number of esters is 2. The van der Waals surface area contributed by atoms with Crippen LogP contribution in [0.2, 0.25) is 5.15 Å². The Balaban J connectivity index is 0.000000251. The average molecular weight is 988 g/mol. The van der Waals surface area contributed by atoms with E-state index in [1.807, 2.05) is 53.7 Å². The minimum absolute atomic E-state index is 0.190. The molecule has 23 heteroatoms. The fourth-order valence-electron chi connectivity index (χ4n) is 5.57. The Hall–Kier alpha value is -4.39. The van der Waals surface area contributed by atoms with Crippen LogP contribution in [0.5, 0.6) is 0 Å². The zero-order chi connectivity index (χ0) is 47.4. The lowest BCUT2D eigenvalue weighted by molar-refractivity contribution is -0.155. The van der Waals surface area contributed by atoms with Crippen LogP contribution in [0.15, 0.2) is 34.8 Å². The number of ether oxygens (including phenoxy) is 2. The Bertz CT molecular complexity index is 2210. The molecule has 4 aromatic rings. The molecule has 0 bridgehead atoms. The van der Waals surface area contributed by atoms with E-state index in [-0.39, 0.29) is 11.9 Å². The summed E-state index contributed by atoms with van der Waals surface area (Å²) >= 11 is 11.5. The van der Waals surface area contributed by atoms with Crippen LogP contribution in [0.25, 0.3) is 0 Å². The number of aromatic nitrogens is 6. The molecule has 2 aliphatic heterocycles. The predicted molar refractivity (Wildman–Crippen MR) is 261 cm³/mol. The van der Waals surface area contributed by atoms with Gasteiger partial charge in [-0.25, -0.2) is 29.9 Å². The second-order valence-corrected chi connectivity index (χ2v) is 21.3. The van der Waals surface area contributed by atoms with E-state index in [9.17, 15) is 9.59 Å². The molecular weight excluding hydrogens is 928 g/mol. The first-order valence-electron chi connectivity index (χ1n) is 21.1. The van der Waals surface area contributed by atoms with Crippen LogP contribution < -0.4 is 20.9 Å². The summed E-state index contributed by atoms with van der Waals surface area (Å²) < 4.78 is 10.6. The number of nitriles is 2. The summed E-state index contributed by atoms with van der Waals surface area (Å²) in [6.45, 7) is 19.6. The third-order valence-corrected chi connectivity index (χ3v) is 12.3. The molecule has 6 rings (SSSR count). The first-order valence-corrected chi connectivity index (χ1v) is 25.1. The van der Waals surface area contributed by atoms with Crippen molar-refractivity contribution in [1.82, 2.24) is 45.0 Å². The van der Waals surface area contributed by atoms with Gasteiger partial charge in [0.25, 0.3) is 0 Å². The minimum atomic E-state index is -0.470. The topological polar surface area (TPSA) is 223 Å². The minimum Gasteiger partial charge on any atom is -0.460 e. The van der Waals surface area contributed by atoms with Crippen LogP contribution >= 0.6 is 57.8 Å². The number of carbonyl (C=O) groups is 2. The number of rotatable bonds is 15. The maximum Gasteiger partial charge on any atom is 0.306 e. The van der Waals surface area contributed by atoms with Crippen LogP contribution in [0.1, 0.15) is 77.0 Å². The molecular formula is C42H59ClN14O4S4. The number of carbonyl (C=O) groups excluding carboxylic acids is 2. The lowest BCUT2D eigenvalue weighted by Gasteiger charge is -2.33. The summed E-state index contributed by atoms with van der Waals surface area (Å²) in [5.74, 6) is 2.97. The number of hydrogen-bond donors (Lipinski definition) is 3. The Kier molecular flexibility index (Phi) is 21.8. The van der Waals surface area contributed by atoms with E-state index in [2.05, 4.69) is 75.7 Å². The normalized spacial score (nSPS) is 14.4. The maximum atomic E-state index is 11.9. The number of piperazine rings is 2. The summed E-state index contributed by atoms with van der Waals surface area (Å²) in [6, 6.07) is 7.63. The largest absolute Gasteiger partial charge is 0.460 e. The van der Waals surface area contributed by atoms with Gasteiger partial charge in [-0.1, -0.05) is 57.8 Å². The summed E-state index contributed by atoms with van der Waals surface area (Å²) in [5, 5.41) is 30.0. The number of halogens is 1. The third-order valence-electron chi connectivity index (χ3n) is 8.59. The average Bonchev–Trinajstić information content (AvgIpc) is 3.90. The molecule has 18 nitrogen and oxygen atoms in total. The zero-order valence-corrected chi connectivity index (χ0v) is 42.3. The predicted octanol–water partition coefficient (Wildman–Crippen LogP) is 7.45. The molecule has 0 radical (unpaired) electrons. The van der Waals surface area contributed by atoms with E-state index >= 15 is 0 Å². The molecule has 0 atom stereocenters. The smallest absolute Gasteiger partial charge is 0.306 e. The van der Waals surface area contributed by atoms with Gasteiger partial charge in [0.15, 0.2) is 20.6 Å². The van der Waals surface area contributed by atoms with E-state index < -0.39 is 11.2 Å². The van der Waals surface area contributed by atoms with Crippen molar-refractivity contribution in [2.24, 2.45) is 0 Å². The van der Waals surface area contributed by atoms with Gasteiger partial charge in [0.05, 0.1) is 12.4 Å². The number of thioether (sulfide) groups is 2. The van der Waals surface area contributed by atoms with E-state index in [1.165, 1.54) is 65.5 Å². The van der Waals surface area contributed by atoms with Gasteiger partial charge < -0.3 is 40.1 Å². The van der Waals surface area contributed by atoms with Crippen molar-refractivity contribution in [3.05, 3.63) is 39.4 Å². The highest BCUT2D eigenvalue weighted by Gasteiger charge is 2.20. The maximum absolute atomic E-state index is 11.9. The zero-order valence-electron chi connectivity index (χ0n) is 38.3. The van der Waals surface area contributed by atoms with E-state index in [0.717, 1.165) is 45.1 Å². The van der Waals surface area contributed by atoms with Crippen LogP contribution in [-0.4, -0.2) is 141 Å². The van der Waals surface area contributed by atoms with Gasteiger partial charge in [-0.05, 0) is 68.5 Å². The number of nitrogens with one attached hydrogen (secondary N) is 3. The molecule has 2 fully saturated rings. The highest BCUT2D eigenvalue weighted by Crippen LogP contribution is 2.28. The Morgan fingerprint density at radius 3 is 1.63 bits per heavy atom. The number of hydrogen-bond acceptors (Lipinski definition) is 22. The second-order valence-electron chi connectivity index (χ2n) is 16.7. The van der Waals surface area contributed by atoms with Gasteiger partial charge in [-0.2, -0.15) is 10.5 Å². The summed E-state index contributed by atoms with van der Waals surface area (Å²) in [4.78, 5) is 57.8. The highest BCUT2D eigenvalue weighted by atomic mass is 35.5. The molecule has 65 heavy (non-hydrogen) atoms. The molecule has 6 heterocycles. The lowest BCUT2D eigenvalue weighted by Crippen LogP contribution is -2.44.